The van der Waals surface area contributed by atoms with Gasteiger partial charge in [-0.3, -0.25) is 0 Å². The Hall–Kier alpha value is -1.11. The van der Waals surface area contributed by atoms with Crippen LogP contribution in [0.5, 0.6) is 0 Å². The van der Waals surface area contributed by atoms with E-state index in [9.17, 15) is 18.3 Å². The summed E-state index contributed by atoms with van der Waals surface area (Å²) in [7, 11) is 0. The Morgan fingerprint density at radius 1 is 1.15 bits per heavy atom. The Kier molecular flexibility index (Phi) is 3.48. The minimum absolute atomic E-state index is 0.0350. The Bertz CT molecular complexity index is 511. The molecule has 2 N–H and O–H groups in total. The van der Waals surface area contributed by atoms with Crippen LogP contribution < -0.4 is 5.32 Å². The van der Waals surface area contributed by atoms with Crippen molar-refractivity contribution < 1.29 is 23.0 Å². The predicted octanol–water partition coefficient (Wildman–Crippen LogP) is 1.53. The first-order valence-electron chi connectivity index (χ1n) is 6.65. The Morgan fingerprint density at radius 3 is 2.40 bits per heavy atom. The highest BCUT2D eigenvalue weighted by atomic mass is 19.2. The van der Waals surface area contributed by atoms with Gasteiger partial charge in [0.2, 0.25) is 0 Å². The fourth-order valence-corrected chi connectivity index (χ4v) is 3.22. The smallest absolute Gasteiger partial charge is 0.165 e. The van der Waals surface area contributed by atoms with Crippen LogP contribution in [-0.2, 0) is 11.2 Å². The standard InChI is InChI=1S/C14H16F3NO2/c15-11-1-2-12(16)13(17)10(11)5-14(19)3-8-6-20-7-9(4-14)18-8/h1-2,8-9,18-19H,3-7H2. The summed E-state index contributed by atoms with van der Waals surface area (Å²) >= 11 is 0. The monoisotopic (exact) mass is 287 g/mol. The zero-order valence-electron chi connectivity index (χ0n) is 10.8. The highest BCUT2D eigenvalue weighted by molar-refractivity contribution is 5.23. The van der Waals surface area contributed by atoms with E-state index in [0.717, 1.165) is 12.1 Å². The van der Waals surface area contributed by atoms with E-state index < -0.39 is 23.1 Å². The lowest BCUT2D eigenvalue weighted by atomic mass is 9.78. The summed E-state index contributed by atoms with van der Waals surface area (Å²) in [6, 6.07) is 1.57. The van der Waals surface area contributed by atoms with Crippen LogP contribution in [0.2, 0.25) is 0 Å². The van der Waals surface area contributed by atoms with Crippen LogP contribution in [0, 0.1) is 17.5 Å². The summed E-state index contributed by atoms with van der Waals surface area (Å²) in [5.41, 5.74) is -1.62. The van der Waals surface area contributed by atoms with E-state index in [2.05, 4.69) is 5.32 Å². The molecule has 2 saturated heterocycles. The number of rotatable bonds is 2. The molecule has 3 nitrogen and oxygen atoms in total. The van der Waals surface area contributed by atoms with Gasteiger partial charge in [-0.15, -0.1) is 0 Å². The molecule has 0 aromatic heterocycles. The highest BCUT2D eigenvalue weighted by Gasteiger charge is 2.42. The van der Waals surface area contributed by atoms with Crippen LogP contribution in [-0.4, -0.2) is 36.0 Å². The SMILES string of the molecule is OC1(Cc2c(F)ccc(F)c2F)CC2COCC(C1)N2. The second kappa shape index (κ2) is 5.02. The zero-order chi connectivity index (χ0) is 14.3. The molecule has 6 heteroatoms. The number of morpholine rings is 1. The van der Waals surface area contributed by atoms with Crippen molar-refractivity contribution in [2.24, 2.45) is 0 Å². The molecule has 0 amide bonds. The first-order valence-corrected chi connectivity index (χ1v) is 6.65. The van der Waals surface area contributed by atoms with Gasteiger partial charge in [0.1, 0.15) is 5.82 Å². The number of ether oxygens (including phenoxy) is 1. The second-order valence-electron chi connectivity index (χ2n) is 5.73. The van der Waals surface area contributed by atoms with Crippen molar-refractivity contribution in [2.75, 3.05) is 13.2 Å². The predicted molar refractivity (Wildman–Crippen MR) is 65.7 cm³/mol. The van der Waals surface area contributed by atoms with E-state index in [-0.39, 0.29) is 24.1 Å². The molecule has 3 rings (SSSR count). The first kappa shape index (κ1) is 13.9. The zero-order valence-corrected chi connectivity index (χ0v) is 10.8. The second-order valence-corrected chi connectivity index (χ2v) is 5.73. The Balaban J connectivity index is 1.85. The van der Waals surface area contributed by atoms with Gasteiger partial charge in [0.25, 0.3) is 0 Å². The van der Waals surface area contributed by atoms with E-state index in [1.54, 1.807) is 0 Å². The van der Waals surface area contributed by atoms with Crippen molar-refractivity contribution in [3.63, 3.8) is 0 Å². The molecule has 2 fully saturated rings. The Labute approximate surface area is 114 Å². The lowest BCUT2D eigenvalue weighted by Crippen LogP contribution is -2.60. The molecule has 2 aliphatic heterocycles. The number of nitrogens with one attached hydrogen (secondary N) is 1. The van der Waals surface area contributed by atoms with Crippen LogP contribution in [0.4, 0.5) is 13.2 Å². The number of halogens is 3. The molecule has 110 valence electrons. The number of hydrogen-bond acceptors (Lipinski definition) is 3. The molecule has 1 aromatic carbocycles. The van der Waals surface area contributed by atoms with Crippen LogP contribution in [0.1, 0.15) is 18.4 Å². The molecule has 0 spiro atoms. The lowest BCUT2D eigenvalue weighted by Gasteiger charge is -2.45. The fraction of sp³-hybridized carbons (Fsp3) is 0.571. The van der Waals surface area contributed by atoms with Gasteiger partial charge in [0.05, 0.1) is 18.8 Å². The van der Waals surface area contributed by atoms with Gasteiger partial charge in [-0.2, -0.15) is 0 Å². The van der Waals surface area contributed by atoms with Crippen LogP contribution in [0.15, 0.2) is 12.1 Å². The van der Waals surface area contributed by atoms with Gasteiger partial charge < -0.3 is 15.2 Å². The molecule has 0 saturated carbocycles. The normalized spacial score (nSPS) is 33.2. The molecule has 0 radical (unpaired) electrons. The van der Waals surface area contributed by atoms with Crippen LogP contribution in [0.3, 0.4) is 0 Å². The summed E-state index contributed by atoms with van der Waals surface area (Å²) in [5.74, 6) is -3.13. The third-order valence-electron chi connectivity index (χ3n) is 4.01. The van der Waals surface area contributed by atoms with Crippen molar-refractivity contribution in [1.29, 1.82) is 0 Å². The van der Waals surface area contributed by atoms with Crippen LogP contribution in [0.25, 0.3) is 0 Å². The maximum Gasteiger partial charge on any atom is 0.165 e. The average Bonchev–Trinajstić information content (AvgIpc) is 2.39. The van der Waals surface area contributed by atoms with E-state index in [1.807, 2.05) is 0 Å². The third kappa shape index (κ3) is 2.55. The fourth-order valence-electron chi connectivity index (χ4n) is 3.22. The van der Waals surface area contributed by atoms with Crippen molar-refractivity contribution in [3.8, 4) is 0 Å². The molecule has 0 aliphatic carbocycles. The molecule has 2 bridgehead atoms. The van der Waals surface area contributed by atoms with E-state index in [1.165, 1.54) is 0 Å². The summed E-state index contributed by atoms with van der Waals surface area (Å²) in [6.45, 7) is 0.930. The summed E-state index contributed by atoms with van der Waals surface area (Å²) in [6.07, 6.45) is 0.439. The van der Waals surface area contributed by atoms with Crippen molar-refractivity contribution >= 4 is 0 Å². The van der Waals surface area contributed by atoms with Crippen molar-refractivity contribution in [1.82, 2.24) is 5.32 Å². The molecule has 2 atom stereocenters. The van der Waals surface area contributed by atoms with E-state index in [4.69, 9.17) is 4.74 Å². The van der Waals surface area contributed by atoms with E-state index >= 15 is 0 Å². The lowest BCUT2D eigenvalue weighted by molar-refractivity contribution is -0.0762. The van der Waals surface area contributed by atoms with Crippen molar-refractivity contribution in [3.05, 3.63) is 35.1 Å². The average molecular weight is 287 g/mol. The van der Waals surface area contributed by atoms with Gasteiger partial charge in [-0.05, 0) is 25.0 Å². The molecule has 2 aliphatic rings. The van der Waals surface area contributed by atoms with Gasteiger partial charge in [0.15, 0.2) is 11.6 Å². The molecule has 2 unspecified atom stereocenters. The maximum absolute atomic E-state index is 13.7. The number of hydrogen-bond donors (Lipinski definition) is 2. The quantitative estimate of drug-likeness (QED) is 0.811. The van der Waals surface area contributed by atoms with Gasteiger partial charge in [0, 0.05) is 24.1 Å². The topological polar surface area (TPSA) is 41.5 Å². The van der Waals surface area contributed by atoms with Crippen LogP contribution >= 0.6 is 0 Å². The first-order chi connectivity index (χ1) is 9.47. The van der Waals surface area contributed by atoms with Gasteiger partial charge >= 0.3 is 0 Å². The number of piperidine rings is 1. The summed E-state index contributed by atoms with van der Waals surface area (Å²) < 4.78 is 46.0. The number of fused-ring (bicyclic) bond motifs is 2. The third-order valence-corrected chi connectivity index (χ3v) is 4.01. The highest BCUT2D eigenvalue weighted by Crippen LogP contribution is 2.32. The molecule has 1 aromatic rings. The van der Waals surface area contributed by atoms with Crippen molar-refractivity contribution in [2.45, 2.75) is 36.9 Å². The van der Waals surface area contributed by atoms with E-state index in [0.29, 0.717) is 26.1 Å². The largest absolute Gasteiger partial charge is 0.389 e. The molecule has 2 heterocycles. The minimum Gasteiger partial charge on any atom is -0.389 e. The molecular formula is C14H16F3NO2. The summed E-state index contributed by atoms with van der Waals surface area (Å²) in [5, 5.41) is 13.9. The maximum atomic E-state index is 13.7. The minimum atomic E-state index is -1.24. The number of benzene rings is 1. The molecular weight excluding hydrogens is 271 g/mol. The number of aliphatic hydroxyl groups is 1. The Morgan fingerprint density at radius 2 is 1.75 bits per heavy atom. The van der Waals surface area contributed by atoms with Gasteiger partial charge in [-0.25, -0.2) is 13.2 Å². The molecule has 20 heavy (non-hydrogen) atoms. The van der Waals surface area contributed by atoms with Gasteiger partial charge in [-0.1, -0.05) is 0 Å². The summed E-state index contributed by atoms with van der Waals surface area (Å²) in [4.78, 5) is 0.